The molecule has 4 nitrogen and oxygen atoms in total. The van der Waals surface area contributed by atoms with Crippen LogP contribution in [0.5, 0.6) is 0 Å². The average Bonchev–Trinajstić information content (AvgIpc) is 2.66. The Morgan fingerprint density at radius 2 is 2.06 bits per heavy atom. The molecule has 1 rings (SSSR count). The fourth-order valence-corrected chi connectivity index (χ4v) is 2.26. The van der Waals surface area contributed by atoms with Crippen LogP contribution in [0.1, 0.15) is 50.6 Å². The van der Waals surface area contributed by atoms with E-state index < -0.39 is 0 Å². The lowest BCUT2D eigenvalue weighted by Gasteiger charge is -2.18. The van der Waals surface area contributed by atoms with Gasteiger partial charge in [-0.05, 0) is 26.2 Å². The van der Waals surface area contributed by atoms with Crippen molar-refractivity contribution in [2.75, 3.05) is 6.54 Å². The zero-order chi connectivity index (χ0) is 13.9. The molecular formula is C13H22ClN3O. The predicted molar refractivity (Wildman–Crippen MR) is 74.0 cm³/mol. The molecule has 1 unspecified atom stereocenters. The summed E-state index contributed by atoms with van der Waals surface area (Å²) >= 11 is 6.08. The van der Waals surface area contributed by atoms with Crippen molar-refractivity contribution in [1.29, 1.82) is 0 Å². The SMILES string of the molecule is CC(C)CC(CN)C(=O)c1c(Cl)cnn1C(C)C. The van der Waals surface area contributed by atoms with Gasteiger partial charge in [0.1, 0.15) is 5.69 Å². The van der Waals surface area contributed by atoms with Crippen LogP contribution in [-0.2, 0) is 0 Å². The van der Waals surface area contributed by atoms with Crippen LogP contribution in [0.3, 0.4) is 0 Å². The largest absolute Gasteiger partial charge is 0.330 e. The molecule has 1 heterocycles. The van der Waals surface area contributed by atoms with Crippen LogP contribution < -0.4 is 5.73 Å². The fraction of sp³-hybridized carbons (Fsp3) is 0.692. The Morgan fingerprint density at radius 1 is 1.44 bits per heavy atom. The summed E-state index contributed by atoms with van der Waals surface area (Å²) in [6.45, 7) is 8.45. The number of rotatable bonds is 6. The van der Waals surface area contributed by atoms with E-state index in [0.29, 0.717) is 23.2 Å². The van der Waals surface area contributed by atoms with Gasteiger partial charge in [0.15, 0.2) is 5.78 Å². The standard InChI is InChI=1S/C13H22ClN3O/c1-8(2)5-10(6-15)13(18)12-11(14)7-16-17(12)9(3)4/h7-10H,5-6,15H2,1-4H3. The summed E-state index contributed by atoms with van der Waals surface area (Å²) in [5.74, 6) is 0.246. The number of hydrogen-bond donors (Lipinski definition) is 1. The molecule has 1 atom stereocenters. The van der Waals surface area contributed by atoms with Gasteiger partial charge in [0.05, 0.1) is 11.2 Å². The third kappa shape index (κ3) is 3.33. The van der Waals surface area contributed by atoms with E-state index in [1.807, 2.05) is 13.8 Å². The van der Waals surface area contributed by atoms with E-state index in [4.69, 9.17) is 17.3 Å². The molecule has 0 aliphatic carbocycles. The number of Topliss-reactive ketones (excluding diaryl/α,β-unsaturated/α-hetero) is 1. The van der Waals surface area contributed by atoms with Crippen molar-refractivity contribution >= 4 is 17.4 Å². The molecule has 0 fully saturated rings. The molecule has 0 radical (unpaired) electrons. The minimum absolute atomic E-state index is 0.00222. The zero-order valence-corrected chi connectivity index (χ0v) is 12.2. The first kappa shape index (κ1) is 15.2. The van der Waals surface area contributed by atoms with Gasteiger partial charge in [-0.15, -0.1) is 0 Å². The van der Waals surface area contributed by atoms with E-state index in [1.165, 1.54) is 6.20 Å². The molecule has 18 heavy (non-hydrogen) atoms. The van der Waals surface area contributed by atoms with Crippen LogP contribution in [0.25, 0.3) is 0 Å². The fourth-order valence-electron chi connectivity index (χ4n) is 2.04. The van der Waals surface area contributed by atoms with Gasteiger partial charge in [-0.25, -0.2) is 0 Å². The smallest absolute Gasteiger partial charge is 0.186 e. The van der Waals surface area contributed by atoms with E-state index >= 15 is 0 Å². The van der Waals surface area contributed by atoms with Crippen molar-refractivity contribution in [2.24, 2.45) is 17.6 Å². The number of halogens is 1. The highest BCUT2D eigenvalue weighted by Gasteiger charge is 2.26. The van der Waals surface area contributed by atoms with Gasteiger partial charge < -0.3 is 5.73 Å². The summed E-state index contributed by atoms with van der Waals surface area (Å²) in [6.07, 6.45) is 2.30. The number of nitrogens with two attached hydrogens (primary N) is 1. The number of nitrogens with zero attached hydrogens (tertiary/aromatic N) is 2. The molecule has 0 aliphatic heterocycles. The van der Waals surface area contributed by atoms with E-state index in [1.54, 1.807) is 4.68 Å². The first-order chi connectivity index (χ1) is 8.38. The second-order valence-electron chi connectivity index (χ2n) is 5.31. The van der Waals surface area contributed by atoms with Crippen molar-refractivity contribution < 1.29 is 4.79 Å². The molecule has 1 aromatic rings. The Balaban J connectivity index is 3.05. The lowest BCUT2D eigenvalue weighted by atomic mass is 9.91. The highest BCUT2D eigenvalue weighted by molar-refractivity contribution is 6.33. The quantitative estimate of drug-likeness (QED) is 0.809. The van der Waals surface area contributed by atoms with E-state index in [-0.39, 0.29) is 17.7 Å². The highest BCUT2D eigenvalue weighted by Crippen LogP contribution is 2.24. The van der Waals surface area contributed by atoms with Crippen LogP contribution in [0, 0.1) is 11.8 Å². The summed E-state index contributed by atoms with van der Waals surface area (Å²) in [6, 6.07) is 0.105. The first-order valence-electron chi connectivity index (χ1n) is 6.35. The Kier molecular flexibility index (Phi) is 5.35. The van der Waals surface area contributed by atoms with E-state index in [0.717, 1.165) is 6.42 Å². The highest BCUT2D eigenvalue weighted by atomic mass is 35.5. The Hall–Kier alpha value is -0.870. The van der Waals surface area contributed by atoms with Gasteiger partial charge in [0, 0.05) is 18.5 Å². The normalized spacial score (nSPS) is 13.3. The van der Waals surface area contributed by atoms with Gasteiger partial charge in [-0.2, -0.15) is 5.10 Å². The van der Waals surface area contributed by atoms with Crippen LogP contribution in [0.15, 0.2) is 6.20 Å². The van der Waals surface area contributed by atoms with Gasteiger partial charge in [-0.1, -0.05) is 25.4 Å². The van der Waals surface area contributed by atoms with Crippen molar-refractivity contribution in [3.8, 4) is 0 Å². The van der Waals surface area contributed by atoms with Crippen molar-refractivity contribution in [3.63, 3.8) is 0 Å². The summed E-state index contributed by atoms with van der Waals surface area (Å²) in [5.41, 5.74) is 6.20. The maximum atomic E-state index is 12.5. The molecule has 0 saturated heterocycles. The summed E-state index contributed by atoms with van der Waals surface area (Å²) < 4.78 is 1.67. The van der Waals surface area contributed by atoms with E-state index in [2.05, 4.69) is 18.9 Å². The maximum Gasteiger partial charge on any atom is 0.186 e. The lowest BCUT2D eigenvalue weighted by Crippen LogP contribution is -2.28. The monoisotopic (exact) mass is 271 g/mol. The topological polar surface area (TPSA) is 60.9 Å². The minimum atomic E-state index is -0.184. The molecular weight excluding hydrogens is 250 g/mol. The van der Waals surface area contributed by atoms with Crippen LogP contribution >= 0.6 is 11.6 Å². The van der Waals surface area contributed by atoms with Crippen LogP contribution in [0.4, 0.5) is 0 Å². The molecule has 0 bridgehead atoms. The van der Waals surface area contributed by atoms with Crippen molar-refractivity contribution in [2.45, 2.75) is 40.2 Å². The third-order valence-electron chi connectivity index (χ3n) is 2.88. The second-order valence-corrected chi connectivity index (χ2v) is 5.71. The van der Waals surface area contributed by atoms with Crippen molar-refractivity contribution in [3.05, 3.63) is 16.9 Å². The van der Waals surface area contributed by atoms with E-state index in [9.17, 15) is 4.79 Å². The van der Waals surface area contributed by atoms with Crippen molar-refractivity contribution in [1.82, 2.24) is 9.78 Å². The van der Waals surface area contributed by atoms with Gasteiger partial charge in [0.2, 0.25) is 0 Å². The molecule has 102 valence electrons. The molecule has 0 spiro atoms. The number of aromatic nitrogens is 2. The Bertz CT molecular complexity index is 412. The maximum absolute atomic E-state index is 12.5. The average molecular weight is 272 g/mol. The Morgan fingerprint density at radius 3 is 2.50 bits per heavy atom. The predicted octanol–water partition coefficient (Wildman–Crippen LogP) is 2.92. The molecule has 0 amide bonds. The molecule has 1 aromatic heterocycles. The Labute approximate surface area is 113 Å². The number of carbonyl (C=O) groups is 1. The molecule has 0 aliphatic rings. The first-order valence-corrected chi connectivity index (χ1v) is 6.73. The minimum Gasteiger partial charge on any atom is -0.330 e. The zero-order valence-electron chi connectivity index (χ0n) is 11.5. The second kappa shape index (κ2) is 6.34. The van der Waals surface area contributed by atoms with Gasteiger partial charge in [0.25, 0.3) is 0 Å². The van der Waals surface area contributed by atoms with Crippen LogP contribution in [0.2, 0.25) is 5.02 Å². The lowest BCUT2D eigenvalue weighted by molar-refractivity contribution is 0.0896. The molecule has 0 saturated carbocycles. The summed E-state index contributed by atoms with van der Waals surface area (Å²) in [4.78, 5) is 12.5. The number of hydrogen-bond acceptors (Lipinski definition) is 3. The third-order valence-corrected chi connectivity index (χ3v) is 3.16. The molecule has 2 N–H and O–H groups in total. The van der Waals surface area contributed by atoms with Gasteiger partial charge >= 0.3 is 0 Å². The number of ketones is 1. The van der Waals surface area contributed by atoms with Crippen LogP contribution in [-0.4, -0.2) is 22.1 Å². The van der Waals surface area contributed by atoms with Gasteiger partial charge in [-0.3, -0.25) is 9.48 Å². The molecule has 0 aromatic carbocycles. The number of carbonyl (C=O) groups excluding carboxylic acids is 1. The summed E-state index contributed by atoms with van der Waals surface area (Å²) in [7, 11) is 0. The summed E-state index contributed by atoms with van der Waals surface area (Å²) in [5, 5.41) is 4.57. The molecule has 5 heteroatoms.